The van der Waals surface area contributed by atoms with Crippen molar-refractivity contribution in [3.63, 3.8) is 0 Å². The number of rotatable bonds is 5. The molecule has 2 aromatic heterocycles. The molecular formula is C54H36N2S. The van der Waals surface area contributed by atoms with Crippen LogP contribution in [0.15, 0.2) is 200 Å². The Morgan fingerprint density at radius 3 is 2.02 bits per heavy atom. The van der Waals surface area contributed by atoms with Gasteiger partial charge in [0.1, 0.15) is 0 Å². The number of allylic oxidation sites excluding steroid dienone is 2. The summed E-state index contributed by atoms with van der Waals surface area (Å²) < 4.78 is 5.11. The van der Waals surface area contributed by atoms with Crippen LogP contribution < -0.4 is 4.90 Å². The van der Waals surface area contributed by atoms with E-state index in [9.17, 15) is 0 Å². The van der Waals surface area contributed by atoms with Crippen LogP contribution in [0.3, 0.4) is 0 Å². The second-order valence-corrected chi connectivity index (χ2v) is 16.3. The molecule has 2 nitrogen and oxygen atoms in total. The van der Waals surface area contributed by atoms with Gasteiger partial charge in [-0.15, -0.1) is 11.3 Å². The molecule has 1 unspecified atom stereocenters. The van der Waals surface area contributed by atoms with Crippen molar-refractivity contribution in [1.29, 1.82) is 0 Å². The third-order valence-corrected chi connectivity index (χ3v) is 13.2. The van der Waals surface area contributed by atoms with Crippen molar-refractivity contribution in [2.45, 2.75) is 12.5 Å². The largest absolute Gasteiger partial charge is 0.333 e. The summed E-state index contributed by atoms with van der Waals surface area (Å²) in [5, 5.41) is 5.20. The maximum Gasteiger partial charge on any atom is 0.0633 e. The number of para-hydroxylation sites is 2. The van der Waals surface area contributed by atoms with Crippen LogP contribution >= 0.6 is 11.3 Å². The molecule has 0 radical (unpaired) electrons. The molecule has 57 heavy (non-hydrogen) atoms. The fourth-order valence-corrected chi connectivity index (χ4v) is 10.5. The van der Waals surface area contributed by atoms with Crippen molar-refractivity contribution >= 4 is 75.8 Å². The van der Waals surface area contributed by atoms with Gasteiger partial charge in [0.15, 0.2) is 0 Å². The highest BCUT2D eigenvalue weighted by atomic mass is 32.1. The Balaban J connectivity index is 0.914. The lowest BCUT2D eigenvalue weighted by molar-refractivity contribution is 0.831. The molecule has 2 aliphatic rings. The van der Waals surface area contributed by atoms with Crippen LogP contribution in [0.4, 0.5) is 11.4 Å². The number of hydrogen-bond donors (Lipinski definition) is 0. The van der Waals surface area contributed by atoms with E-state index in [-0.39, 0.29) is 6.04 Å². The molecule has 10 aromatic rings. The summed E-state index contributed by atoms with van der Waals surface area (Å²) in [5.74, 6) is 0. The van der Waals surface area contributed by atoms with Gasteiger partial charge in [-0.25, -0.2) is 0 Å². The third kappa shape index (κ3) is 5.16. The zero-order chi connectivity index (χ0) is 37.5. The molecule has 8 aromatic carbocycles. The van der Waals surface area contributed by atoms with Gasteiger partial charge in [-0.05, 0) is 118 Å². The highest BCUT2D eigenvalue weighted by molar-refractivity contribution is 7.25. The van der Waals surface area contributed by atoms with E-state index >= 15 is 0 Å². The lowest BCUT2D eigenvalue weighted by atomic mass is 9.89. The number of nitrogens with zero attached hydrogens (tertiary/aromatic N) is 2. The predicted molar refractivity (Wildman–Crippen MR) is 244 cm³/mol. The lowest BCUT2D eigenvalue weighted by Gasteiger charge is -2.29. The van der Waals surface area contributed by atoms with Crippen molar-refractivity contribution in [3.8, 4) is 27.9 Å². The van der Waals surface area contributed by atoms with Crippen LogP contribution in [0.1, 0.15) is 17.5 Å². The summed E-state index contributed by atoms with van der Waals surface area (Å²) in [4.78, 5) is 2.54. The average molecular weight is 745 g/mol. The van der Waals surface area contributed by atoms with Gasteiger partial charge in [-0.1, -0.05) is 127 Å². The van der Waals surface area contributed by atoms with Crippen molar-refractivity contribution in [3.05, 3.63) is 211 Å². The summed E-state index contributed by atoms with van der Waals surface area (Å²) in [6.45, 7) is 0. The Kier molecular flexibility index (Phi) is 7.26. The van der Waals surface area contributed by atoms with E-state index in [1.165, 1.54) is 104 Å². The summed E-state index contributed by atoms with van der Waals surface area (Å²) in [6.07, 6.45) is 5.83. The molecule has 0 N–H and O–H groups in total. The second kappa shape index (κ2) is 12.8. The monoisotopic (exact) mass is 744 g/mol. The fraction of sp³-hybridized carbons (Fsp3) is 0.0370. The normalized spacial score (nSPS) is 14.9. The van der Waals surface area contributed by atoms with Gasteiger partial charge in [0.05, 0.1) is 17.1 Å². The van der Waals surface area contributed by atoms with Crippen LogP contribution in [0.2, 0.25) is 0 Å². The highest BCUT2D eigenvalue weighted by Gasteiger charge is 2.36. The van der Waals surface area contributed by atoms with Gasteiger partial charge in [0.2, 0.25) is 0 Å². The van der Waals surface area contributed by atoms with Crippen LogP contribution in [0, 0.1) is 0 Å². The number of anilines is 2. The SMILES string of the molecule is C1=C(c2ccc3c(c2)c2ccccc2n3-c2cccc(-c3ccc4sc5ccccc5c4c3)c2)C=C2c3ccccc3N(c3ccc(-c4ccccc4)cc3)C2C1. The van der Waals surface area contributed by atoms with E-state index in [1.807, 2.05) is 11.3 Å². The molecule has 268 valence electrons. The van der Waals surface area contributed by atoms with E-state index in [1.54, 1.807) is 0 Å². The molecule has 0 amide bonds. The summed E-state index contributed by atoms with van der Waals surface area (Å²) in [7, 11) is 0. The van der Waals surface area contributed by atoms with E-state index in [0.717, 1.165) is 6.42 Å². The quantitative estimate of drug-likeness (QED) is 0.170. The molecule has 0 fully saturated rings. The van der Waals surface area contributed by atoms with Crippen LogP contribution in [0.25, 0.3) is 81.1 Å². The Morgan fingerprint density at radius 1 is 0.439 bits per heavy atom. The minimum Gasteiger partial charge on any atom is -0.333 e. The molecule has 12 rings (SSSR count). The first-order chi connectivity index (χ1) is 28.2. The van der Waals surface area contributed by atoms with Crippen molar-refractivity contribution in [2.24, 2.45) is 0 Å². The molecule has 0 saturated carbocycles. The Labute approximate surface area is 335 Å². The third-order valence-electron chi connectivity index (χ3n) is 12.1. The van der Waals surface area contributed by atoms with Gasteiger partial charge < -0.3 is 9.47 Å². The van der Waals surface area contributed by atoms with E-state index in [2.05, 4.69) is 210 Å². The smallest absolute Gasteiger partial charge is 0.0633 e. The summed E-state index contributed by atoms with van der Waals surface area (Å²) in [6, 6.07) is 69.5. The van der Waals surface area contributed by atoms with Crippen LogP contribution in [0.5, 0.6) is 0 Å². The molecule has 3 heteroatoms. The molecule has 0 spiro atoms. The summed E-state index contributed by atoms with van der Waals surface area (Å²) >= 11 is 1.87. The average Bonchev–Trinajstić information content (AvgIpc) is 3.94. The maximum atomic E-state index is 2.54. The minimum absolute atomic E-state index is 0.255. The van der Waals surface area contributed by atoms with Crippen molar-refractivity contribution in [1.82, 2.24) is 4.57 Å². The topological polar surface area (TPSA) is 8.17 Å². The Hall–Kier alpha value is -6.94. The van der Waals surface area contributed by atoms with Crippen LogP contribution in [-0.4, -0.2) is 10.6 Å². The van der Waals surface area contributed by atoms with E-state index in [4.69, 9.17) is 0 Å². The number of thiophene rings is 1. The zero-order valence-electron chi connectivity index (χ0n) is 31.1. The van der Waals surface area contributed by atoms with Crippen LogP contribution in [-0.2, 0) is 0 Å². The van der Waals surface area contributed by atoms with E-state index in [0.29, 0.717) is 0 Å². The lowest BCUT2D eigenvalue weighted by Crippen LogP contribution is -2.27. The van der Waals surface area contributed by atoms with E-state index < -0.39 is 0 Å². The first kappa shape index (κ1) is 32.3. The standard InChI is InChI=1S/C54H36N2S/c1-2-11-35(12-3-1)36-21-26-41(27-22-36)55-49-18-7-4-15-43(49)46-32-38(23-28-51(46)55)39-24-29-52-47(33-39)44-16-5-8-19-50(44)56(52)42-14-10-13-37(31-42)40-25-30-54-48(34-40)45-17-6-9-20-53(45)57-54/h1-27,29-34,51H,28H2. The molecular weight excluding hydrogens is 709 g/mol. The fourth-order valence-electron chi connectivity index (χ4n) is 9.41. The molecule has 1 aliphatic carbocycles. The summed E-state index contributed by atoms with van der Waals surface area (Å²) in [5.41, 5.74) is 16.3. The minimum atomic E-state index is 0.255. The molecule has 1 aliphatic heterocycles. The number of benzene rings is 8. The van der Waals surface area contributed by atoms with Gasteiger partial charge in [-0.2, -0.15) is 0 Å². The first-order valence-electron chi connectivity index (χ1n) is 19.8. The number of aromatic nitrogens is 1. The number of fused-ring (bicyclic) bond motifs is 9. The van der Waals surface area contributed by atoms with Crippen molar-refractivity contribution < 1.29 is 0 Å². The van der Waals surface area contributed by atoms with Gasteiger partial charge in [0.25, 0.3) is 0 Å². The highest BCUT2D eigenvalue weighted by Crippen LogP contribution is 2.49. The molecule has 3 heterocycles. The molecule has 1 atom stereocenters. The molecule has 0 bridgehead atoms. The van der Waals surface area contributed by atoms with Crippen molar-refractivity contribution in [2.75, 3.05) is 4.90 Å². The molecule has 0 saturated heterocycles. The number of hydrogen-bond acceptors (Lipinski definition) is 2. The second-order valence-electron chi connectivity index (χ2n) is 15.3. The zero-order valence-corrected chi connectivity index (χ0v) is 32.0. The Morgan fingerprint density at radius 2 is 1.11 bits per heavy atom. The van der Waals surface area contributed by atoms with Gasteiger partial charge in [-0.3, -0.25) is 0 Å². The predicted octanol–water partition coefficient (Wildman–Crippen LogP) is 14.9. The van der Waals surface area contributed by atoms with Gasteiger partial charge >= 0.3 is 0 Å². The van der Waals surface area contributed by atoms with Gasteiger partial charge in [0, 0.05) is 53.6 Å². The Bertz CT molecular complexity index is 3270. The maximum absolute atomic E-state index is 2.54. The first-order valence-corrected chi connectivity index (χ1v) is 20.6.